The van der Waals surface area contributed by atoms with Gasteiger partial charge in [-0.1, -0.05) is 35.9 Å². The molecule has 116 valence electrons. The molecule has 0 radical (unpaired) electrons. The van der Waals surface area contributed by atoms with E-state index in [1.54, 1.807) is 37.3 Å². The first-order valence-electron chi connectivity index (χ1n) is 6.99. The molecule has 0 bridgehead atoms. The molecule has 0 fully saturated rings. The molecule has 2 aliphatic rings. The van der Waals surface area contributed by atoms with Gasteiger partial charge in [-0.05, 0) is 37.1 Å². The number of allylic oxidation sites excluding steroid dienone is 6. The maximum atomic E-state index is 12.6. The van der Waals surface area contributed by atoms with E-state index in [0.717, 1.165) is 17.0 Å². The van der Waals surface area contributed by atoms with Crippen molar-refractivity contribution in [1.29, 1.82) is 0 Å². The molecule has 1 aromatic rings. The molecular formula is C17H14ClN3O2. The van der Waals surface area contributed by atoms with Crippen LogP contribution in [0.4, 0.5) is 0 Å². The average Bonchev–Trinajstić information content (AvgIpc) is 2.53. The lowest BCUT2D eigenvalue weighted by Gasteiger charge is -2.25. The van der Waals surface area contributed by atoms with Gasteiger partial charge in [0, 0.05) is 10.6 Å². The van der Waals surface area contributed by atoms with Crippen LogP contribution in [0, 0.1) is 0 Å². The second kappa shape index (κ2) is 5.95. The number of hydrogen-bond acceptors (Lipinski definition) is 5. The second-order valence-electron chi connectivity index (χ2n) is 5.28. The maximum absolute atomic E-state index is 12.6. The van der Waals surface area contributed by atoms with Crippen molar-refractivity contribution in [3.05, 3.63) is 69.4 Å². The van der Waals surface area contributed by atoms with E-state index in [1.807, 2.05) is 13.0 Å². The first kappa shape index (κ1) is 15.4. The normalized spacial score (nSPS) is 21.1. The molecule has 1 N–H and O–H groups in total. The summed E-state index contributed by atoms with van der Waals surface area (Å²) in [6.45, 7) is 3.56. The number of carbonyl (C=O) groups excluding carboxylic acids is 1. The van der Waals surface area contributed by atoms with Crippen LogP contribution >= 0.6 is 11.6 Å². The van der Waals surface area contributed by atoms with Crippen LogP contribution in [0.2, 0.25) is 5.02 Å². The van der Waals surface area contributed by atoms with Crippen molar-refractivity contribution in [1.82, 2.24) is 5.06 Å². The molecule has 3 rings (SSSR count). The summed E-state index contributed by atoms with van der Waals surface area (Å²) in [7, 11) is 0. The third-order valence-corrected chi connectivity index (χ3v) is 3.94. The summed E-state index contributed by atoms with van der Waals surface area (Å²) >= 11 is 5.92. The molecule has 6 heteroatoms. The number of carbonyl (C=O) groups is 1. The number of benzene rings is 1. The van der Waals surface area contributed by atoms with E-state index in [0.29, 0.717) is 33.1 Å². The lowest BCUT2D eigenvalue weighted by Crippen LogP contribution is -2.30. The van der Waals surface area contributed by atoms with E-state index in [2.05, 4.69) is 10.2 Å². The van der Waals surface area contributed by atoms with Gasteiger partial charge in [-0.2, -0.15) is 0 Å². The smallest absolute Gasteiger partial charge is 0.191 e. The molecule has 23 heavy (non-hydrogen) atoms. The van der Waals surface area contributed by atoms with E-state index >= 15 is 0 Å². The Balaban J connectivity index is 2.21. The van der Waals surface area contributed by atoms with Crippen LogP contribution in [0.1, 0.15) is 19.4 Å². The van der Waals surface area contributed by atoms with E-state index in [4.69, 9.17) is 11.6 Å². The summed E-state index contributed by atoms with van der Waals surface area (Å²) in [5.74, 6) is -0.143. The fraction of sp³-hybridized carbons (Fsp3) is 0.118. The summed E-state index contributed by atoms with van der Waals surface area (Å²) < 4.78 is 0. The van der Waals surface area contributed by atoms with Gasteiger partial charge >= 0.3 is 0 Å². The highest BCUT2D eigenvalue weighted by atomic mass is 35.5. The standard InChI is InChI=1S/C17H14ClN3O2/c1-10-3-4-11(2)17(22)14(10)16-15(20-19-9-21(16)23)12-5-7-13(18)8-6-12/h3-9,23H,1-2H3/b16-14-. The Hall–Kier alpha value is -2.50. The van der Waals surface area contributed by atoms with Gasteiger partial charge in [-0.15, -0.1) is 10.2 Å². The molecule has 0 spiro atoms. The first-order valence-corrected chi connectivity index (χ1v) is 7.37. The largest absolute Gasteiger partial charge is 0.289 e. The zero-order chi connectivity index (χ0) is 16.6. The molecule has 0 saturated carbocycles. The van der Waals surface area contributed by atoms with Gasteiger partial charge in [0.1, 0.15) is 17.7 Å². The van der Waals surface area contributed by atoms with Crippen molar-refractivity contribution >= 4 is 29.4 Å². The van der Waals surface area contributed by atoms with Crippen molar-refractivity contribution in [3.63, 3.8) is 0 Å². The number of hydroxylamine groups is 2. The number of halogens is 1. The van der Waals surface area contributed by atoms with Crippen molar-refractivity contribution < 1.29 is 10.0 Å². The number of hydrogen-bond donors (Lipinski definition) is 1. The number of nitrogens with zero attached hydrogens (tertiary/aromatic N) is 3. The van der Waals surface area contributed by atoms with Gasteiger partial charge in [-0.25, -0.2) is 5.06 Å². The highest BCUT2D eigenvalue weighted by Crippen LogP contribution is 2.29. The molecule has 0 amide bonds. The summed E-state index contributed by atoms with van der Waals surface area (Å²) in [5, 5.41) is 19.6. The Kier molecular flexibility index (Phi) is 3.98. The van der Waals surface area contributed by atoms with Gasteiger partial charge < -0.3 is 0 Å². The number of ketones is 1. The summed E-state index contributed by atoms with van der Waals surface area (Å²) in [4.78, 5) is 12.6. The third kappa shape index (κ3) is 2.76. The Labute approximate surface area is 138 Å². The molecule has 0 aromatic heterocycles. The topological polar surface area (TPSA) is 65.3 Å². The first-order chi connectivity index (χ1) is 11.0. The molecule has 0 unspecified atom stereocenters. The monoisotopic (exact) mass is 327 g/mol. The molecular weight excluding hydrogens is 314 g/mol. The summed E-state index contributed by atoms with van der Waals surface area (Å²) in [5.41, 5.74) is 3.20. The summed E-state index contributed by atoms with van der Waals surface area (Å²) in [6.07, 6.45) is 4.77. The summed E-state index contributed by atoms with van der Waals surface area (Å²) in [6, 6.07) is 6.98. The molecule has 1 aliphatic heterocycles. The predicted molar refractivity (Wildman–Crippen MR) is 89.7 cm³/mol. The quantitative estimate of drug-likeness (QED) is 0.803. The Morgan fingerprint density at radius 3 is 2.43 bits per heavy atom. The van der Waals surface area contributed by atoms with E-state index in [1.165, 1.54) is 0 Å². The average molecular weight is 328 g/mol. The number of rotatable bonds is 1. The predicted octanol–water partition coefficient (Wildman–Crippen LogP) is 3.51. The molecule has 1 aliphatic carbocycles. The minimum atomic E-state index is -0.143. The highest BCUT2D eigenvalue weighted by molar-refractivity contribution is 6.31. The van der Waals surface area contributed by atoms with Crippen LogP contribution in [0.25, 0.3) is 0 Å². The zero-order valence-electron chi connectivity index (χ0n) is 12.6. The van der Waals surface area contributed by atoms with Crippen molar-refractivity contribution in [2.24, 2.45) is 10.2 Å². The van der Waals surface area contributed by atoms with Gasteiger partial charge in [0.2, 0.25) is 0 Å². The van der Waals surface area contributed by atoms with Crippen molar-refractivity contribution in [2.75, 3.05) is 0 Å². The Morgan fingerprint density at radius 1 is 1.09 bits per heavy atom. The number of Topliss-reactive ketones (excluding diaryl/α,β-unsaturated/α-hetero) is 1. The van der Waals surface area contributed by atoms with Gasteiger partial charge in [0.25, 0.3) is 0 Å². The molecule has 5 nitrogen and oxygen atoms in total. The maximum Gasteiger partial charge on any atom is 0.191 e. The van der Waals surface area contributed by atoms with Crippen molar-refractivity contribution in [3.8, 4) is 0 Å². The van der Waals surface area contributed by atoms with Gasteiger partial charge in [0.05, 0.1) is 5.57 Å². The zero-order valence-corrected chi connectivity index (χ0v) is 13.4. The van der Waals surface area contributed by atoms with Crippen LogP contribution in [-0.4, -0.2) is 28.1 Å². The van der Waals surface area contributed by atoms with E-state index < -0.39 is 0 Å². The minimum Gasteiger partial charge on any atom is -0.289 e. The third-order valence-electron chi connectivity index (χ3n) is 3.69. The Bertz CT molecular complexity index is 826. The van der Waals surface area contributed by atoms with E-state index in [9.17, 15) is 10.0 Å². The molecule has 1 aromatic carbocycles. The van der Waals surface area contributed by atoms with E-state index in [-0.39, 0.29) is 5.78 Å². The van der Waals surface area contributed by atoms with Gasteiger partial charge in [-0.3, -0.25) is 10.0 Å². The second-order valence-corrected chi connectivity index (χ2v) is 5.72. The fourth-order valence-electron chi connectivity index (χ4n) is 2.46. The van der Waals surface area contributed by atoms with Gasteiger partial charge in [0.15, 0.2) is 5.78 Å². The van der Waals surface area contributed by atoms with Crippen molar-refractivity contribution in [2.45, 2.75) is 13.8 Å². The lowest BCUT2D eigenvalue weighted by atomic mass is 9.89. The van der Waals surface area contributed by atoms with Crippen LogP contribution in [0.3, 0.4) is 0 Å². The fourth-order valence-corrected chi connectivity index (χ4v) is 2.59. The molecule has 0 saturated heterocycles. The Morgan fingerprint density at radius 2 is 1.74 bits per heavy atom. The molecule has 0 atom stereocenters. The molecule has 1 heterocycles. The van der Waals surface area contributed by atoms with Crippen LogP contribution in [-0.2, 0) is 4.79 Å². The minimum absolute atomic E-state index is 0.143. The SMILES string of the molecule is CC1=CC=C(C)/C(=C2\C(c3ccc(Cl)cc3)=NN=CN2O)C1=O. The van der Waals surface area contributed by atoms with Crippen LogP contribution < -0.4 is 0 Å². The van der Waals surface area contributed by atoms with Crippen LogP contribution in [0.15, 0.2) is 69.0 Å². The highest BCUT2D eigenvalue weighted by Gasteiger charge is 2.29. The van der Waals surface area contributed by atoms with Crippen LogP contribution in [0.5, 0.6) is 0 Å². The lowest BCUT2D eigenvalue weighted by molar-refractivity contribution is -0.112.